The van der Waals surface area contributed by atoms with Gasteiger partial charge in [-0.15, -0.1) is 0 Å². The van der Waals surface area contributed by atoms with Crippen molar-refractivity contribution in [2.75, 3.05) is 19.6 Å². The molecule has 1 unspecified atom stereocenters. The van der Waals surface area contributed by atoms with Crippen LogP contribution in [-0.4, -0.2) is 57.2 Å². The van der Waals surface area contributed by atoms with E-state index in [1.165, 1.54) is 25.7 Å². The van der Waals surface area contributed by atoms with Crippen LogP contribution in [0.3, 0.4) is 0 Å². The molecule has 2 saturated carbocycles. The predicted octanol–water partition coefficient (Wildman–Crippen LogP) is 0.816. The van der Waals surface area contributed by atoms with Crippen LogP contribution >= 0.6 is 0 Å². The van der Waals surface area contributed by atoms with E-state index in [-0.39, 0.29) is 11.6 Å². The van der Waals surface area contributed by atoms with Crippen molar-refractivity contribution in [2.24, 2.45) is 5.92 Å². The zero-order valence-electron chi connectivity index (χ0n) is 13.9. The first-order valence-corrected chi connectivity index (χ1v) is 9.31. The summed E-state index contributed by atoms with van der Waals surface area (Å²) in [6, 6.07) is 4.16. The van der Waals surface area contributed by atoms with Crippen LogP contribution in [0.4, 0.5) is 0 Å². The maximum absolute atomic E-state index is 12.5. The Morgan fingerprint density at radius 2 is 1.83 bits per heavy atom. The lowest BCUT2D eigenvalue weighted by atomic mass is 9.97. The number of amides is 1. The predicted molar refractivity (Wildman–Crippen MR) is 88.7 cm³/mol. The molecule has 0 N–H and O–H groups in total. The topological polar surface area (TPSA) is 58.4 Å². The fraction of sp³-hybridized carbons (Fsp3) is 0.722. The summed E-state index contributed by atoms with van der Waals surface area (Å²) in [7, 11) is 0. The minimum atomic E-state index is -0.00491. The molecule has 1 aromatic heterocycles. The number of likely N-dealkylation sites (tertiary alicyclic amines) is 2. The monoisotopic (exact) mass is 328 g/mol. The Labute approximate surface area is 141 Å². The van der Waals surface area contributed by atoms with Gasteiger partial charge in [0.15, 0.2) is 0 Å². The van der Waals surface area contributed by atoms with Gasteiger partial charge in [0.05, 0.1) is 18.3 Å². The van der Waals surface area contributed by atoms with Crippen LogP contribution in [0.1, 0.15) is 43.7 Å². The first-order valence-electron chi connectivity index (χ1n) is 9.31. The van der Waals surface area contributed by atoms with Crippen LogP contribution in [0, 0.1) is 5.92 Å². The second-order valence-corrected chi connectivity index (χ2v) is 7.94. The summed E-state index contributed by atoms with van der Waals surface area (Å²) >= 11 is 0. The average Bonchev–Trinajstić information content (AvgIpc) is 3.43. The Bertz CT molecular complexity index is 716. The van der Waals surface area contributed by atoms with Gasteiger partial charge in [-0.3, -0.25) is 14.5 Å². The maximum atomic E-state index is 12.5. The van der Waals surface area contributed by atoms with E-state index in [1.54, 1.807) is 10.7 Å². The molecule has 4 fully saturated rings. The van der Waals surface area contributed by atoms with Crippen LogP contribution in [0.25, 0.3) is 0 Å². The van der Waals surface area contributed by atoms with E-state index in [4.69, 9.17) is 0 Å². The minimum absolute atomic E-state index is 0.00491. The largest absolute Gasteiger partial charge is 0.338 e. The van der Waals surface area contributed by atoms with Gasteiger partial charge in [0, 0.05) is 43.6 Å². The average molecular weight is 328 g/mol. The molecule has 6 nitrogen and oxygen atoms in total. The van der Waals surface area contributed by atoms with Crippen LogP contribution in [0.5, 0.6) is 0 Å². The molecule has 0 spiro atoms. The minimum Gasteiger partial charge on any atom is -0.338 e. The summed E-state index contributed by atoms with van der Waals surface area (Å²) in [5.41, 5.74) is 1.06. The van der Waals surface area contributed by atoms with Crippen molar-refractivity contribution in [3.63, 3.8) is 0 Å². The van der Waals surface area contributed by atoms with Gasteiger partial charge in [-0.1, -0.05) is 0 Å². The molecular formula is C18H24N4O2. The van der Waals surface area contributed by atoms with Crippen LogP contribution in [0.2, 0.25) is 0 Å². The smallest absolute Gasteiger partial charge is 0.266 e. The fourth-order valence-electron chi connectivity index (χ4n) is 4.19. The summed E-state index contributed by atoms with van der Waals surface area (Å²) in [5.74, 6) is 1.34. The van der Waals surface area contributed by atoms with Crippen molar-refractivity contribution in [1.82, 2.24) is 19.6 Å². The molecule has 1 aromatic rings. The zero-order chi connectivity index (χ0) is 16.3. The molecule has 128 valence electrons. The SMILES string of the molecule is O=C1C(N2CC(Cn3nc(C4CC4)ccc3=O)C2)CCN1C1CC1. The Hall–Kier alpha value is -1.69. The Balaban J connectivity index is 1.19. The molecule has 5 rings (SSSR count). The first-order chi connectivity index (χ1) is 11.7. The highest BCUT2D eigenvalue weighted by Crippen LogP contribution is 2.38. The second-order valence-electron chi connectivity index (χ2n) is 7.94. The molecule has 1 atom stereocenters. The molecule has 24 heavy (non-hydrogen) atoms. The highest BCUT2D eigenvalue weighted by Gasteiger charge is 2.45. The van der Waals surface area contributed by atoms with Gasteiger partial charge in [0.2, 0.25) is 5.91 Å². The molecule has 2 aliphatic carbocycles. The number of carbonyl (C=O) groups excluding carboxylic acids is 1. The number of nitrogens with zero attached hydrogens (tertiary/aromatic N) is 4. The van der Waals surface area contributed by atoms with E-state index in [0.29, 0.717) is 30.3 Å². The third-order valence-electron chi connectivity index (χ3n) is 5.94. The molecule has 6 heteroatoms. The molecule has 0 bridgehead atoms. The maximum Gasteiger partial charge on any atom is 0.266 e. The number of carbonyl (C=O) groups is 1. The van der Waals surface area contributed by atoms with Gasteiger partial charge in [0.25, 0.3) is 5.56 Å². The summed E-state index contributed by atoms with van der Waals surface area (Å²) in [5, 5.41) is 4.55. The lowest BCUT2D eigenvalue weighted by Gasteiger charge is -2.42. The van der Waals surface area contributed by atoms with Crippen LogP contribution in [-0.2, 0) is 11.3 Å². The van der Waals surface area contributed by atoms with Gasteiger partial charge >= 0.3 is 0 Å². The van der Waals surface area contributed by atoms with E-state index in [0.717, 1.165) is 31.7 Å². The van der Waals surface area contributed by atoms with Gasteiger partial charge in [-0.05, 0) is 38.2 Å². The molecular weight excluding hydrogens is 304 g/mol. The van der Waals surface area contributed by atoms with E-state index in [2.05, 4.69) is 14.9 Å². The van der Waals surface area contributed by atoms with E-state index in [9.17, 15) is 9.59 Å². The molecule has 0 radical (unpaired) electrons. The van der Waals surface area contributed by atoms with Crippen molar-refractivity contribution in [2.45, 2.75) is 56.7 Å². The third kappa shape index (κ3) is 2.57. The van der Waals surface area contributed by atoms with Crippen molar-refractivity contribution < 1.29 is 4.79 Å². The molecule has 1 amide bonds. The molecule has 2 saturated heterocycles. The first kappa shape index (κ1) is 14.6. The quantitative estimate of drug-likeness (QED) is 0.803. The number of hydrogen-bond acceptors (Lipinski definition) is 4. The van der Waals surface area contributed by atoms with Gasteiger partial charge in [0.1, 0.15) is 0 Å². The van der Waals surface area contributed by atoms with Crippen molar-refractivity contribution in [1.29, 1.82) is 0 Å². The Kier molecular flexibility index (Phi) is 3.30. The van der Waals surface area contributed by atoms with Gasteiger partial charge in [-0.2, -0.15) is 5.10 Å². The van der Waals surface area contributed by atoms with Gasteiger partial charge < -0.3 is 4.90 Å². The lowest BCUT2D eigenvalue weighted by Crippen LogP contribution is -2.56. The van der Waals surface area contributed by atoms with Crippen LogP contribution in [0.15, 0.2) is 16.9 Å². The fourth-order valence-corrected chi connectivity index (χ4v) is 4.19. The van der Waals surface area contributed by atoms with Crippen molar-refractivity contribution >= 4 is 5.91 Å². The Morgan fingerprint density at radius 3 is 2.54 bits per heavy atom. The normalized spacial score (nSPS) is 28.4. The summed E-state index contributed by atoms with van der Waals surface area (Å²) in [4.78, 5) is 28.9. The summed E-state index contributed by atoms with van der Waals surface area (Å²) < 4.78 is 1.64. The summed E-state index contributed by atoms with van der Waals surface area (Å²) in [6.45, 7) is 3.44. The molecule has 2 aliphatic heterocycles. The van der Waals surface area contributed by atoms with E-state index in [1.807, 2.05) is 6.07 Å². The van der Waals surface area contributed by atoms with Gasteiger partial charge in [-0.25, -0.2) is 4.68 Å². The number of hydrogen-bond donors (Lipinski definition) is 0. The third-order valence-corrected chi connectivity index (χ3v) is 5.94. The van der Waals surface area contributed by atoms with Crippen molar-refractivity contribution in [3.05, 3.63) is 28.2 Å². The standard InChI is InChI=1S/C18H24N4O2/c23-17-6-5-15(13-1-2-13)19-22(17)11-12-9-20(10-12)16-7-8-21(18(16)24)14-3-4-14/h5-6,12-14,16H,1-4,7-11H2. The highest BCUT2D eigenvalue weighted by molar-refractivity contribution is 5.84. The van der Waals surface area contributed by atoms with E-state index >= 15 is 0 Å². The Morgan fingerprint density at radius 1 is 1.04 bits per heavy atom. The lowest BCUT2D eigenvalue weighted by molar-refractivity contribution is -0.135. The molecule has 0 aromatic carbocycles. The van der Waals surface area contributed by atoms with Crippen molar-refractivity contribution in [3.8, 4) is 0 Å². The summed E-state index contributed by atoms with van der Waals surface area (Å²) in [6.07, 6.45) is 5.74. The number of rotatable bonds is 5. The molecule has 3 heterocycles. The zero-order valence-corrected chi connectivity index (χ0v) is 13.9. The highest BCUT2D eigenvalue weighted by atomic mass is 16.2. The number of aromatic nitrogens is 2. The van der Waals surface area contributed by atoms with E-state index < -0.39 is 0 Å². The second kappa shape index (κ2) is 5.41. The van der Waals surface area contributed by atoms with Crippen LogP contribution < -0.4 is 5.56 Å². The molecule has 4 aliphatic rings.